The largest absolute Gasteiger partial charge is 0.516 e. The Morgan fingerprint density at radius 3 is 2.33 bits per heavy atom. The lowest BCUT2D eigenvalue weighted by Gasteiger charge is -2.17. The summed E-state index contributed by atoms with van der Waals surface area (Å²) < 4.78 is 60.3. The molecule has 0 saturated carbocycles. The van der Waals surface area contributed by atoms with Crippen LogP contribution in [-0.2, 0) is 14.8 Å². The van der Waals surface area contributed by atoms with E-state index in [0.717, 1.165) is 18.2 Å². The van der Waals surface area contributed by atoms with Crippen LogP contribution >= 0.6 is 0 Å². The molecule has 1 aliphatic rings. The first kappa shape index (κ1) is 15.0. The molecule has 1 aromatic carbocycles. The van der Waals surface area contributed by atoms with Crippen molar-refractivity contribution in [2.75, 3.05) is 4.72 Å². The Morgan fingerprint density at radius 2 is 1.76 bits per heavy atom. The van der Waals surface area contributed by atoms with Crippen LogP contribution in [0.4, 0.5) is 18.9 Å². The summed E-state index contributed by atoms with van der Waals surface area (Å²) >= 11 is 0. The number of hydrogen-bond acceptors (Lipinski definition) is 5. The van der Waals surface area contributed by atoms with Crippen molar-refractivity contribution in [2.45, 2.75) is 5.51 Å². The van der Waals surface area contributed by atoms with Gasteiger partial charge in [-0.15, -0.1) is 0 Å². The molecular weight excluding hydrogens is 315 g/mol. The van der Waals surface area contributed by atoms with Crippen molar-refractivity contribution in [3.63, 3.8) is 0 Å². The van der Waals surface area contributed by atoms with E-state index in [1.165, 1.54) is 4.72 Å². The average Bonchev–Trinajstić information content (AvgIpc) is 2.34. The summed E-state index contributed by atoms with van der Waals surface area (Å²) in [5.41, 5.74) is -7.19. The number of rotatable bonds is 2. The average molecular weight is 321 g/mol. The summed E-state index contributed by atoms with van der Waals surface area (Å²) in [4.78, 5) is 23.0. The van der Waals surface area contributed by atoms with Crippen LogP contribution in [0.25, 0.3) is 5.76 Å². The Kier molecular flexibility index (Phi) is 3.28. The Bertz CT molecular complexity index is 780. The number of alkyl halides is 3. The molecule has 2 rings (SSSR count). The molecule has 1 aliphatic carbocycles. The first-order chi connectivity index (χ1) is 9.54. The predicted molar refractivity (Wildman–Crippen MR) is 65.0 cm³/mol. The molecule has 0 saturated heterocycles. The smallest absolute Gasteiger partial charge is 0.507 e. The molecule has 0 radical (unpaired) electrons. The number of carbonyl (C=O) groups is 2. The van der Waals surface area contributed by atoms with E-state index in [1.54, 1.807) is 0 Å². The van der Waals surface area contributed by atoms with Crippen molar-refractivity contribution < 1.29 is 36.3 Å². The van der Waals surface area contributed by atoms with Crippen LogP contribution in [0.2, 0.25) is 0 Å². The zero-order valence-corrected chi connectivity index (χ0v) is 10.7. The molecular formula is C11H6F3NO5S. The van der Waals surface area contributed by atoms with Crippen LogP contribution in [0.5, 0.6) is 0 Å². The molecule has 21 heavy (non-hydrogen) atoms. The van der Waals surface area contributed by atoms with Crippen molar-refractivity contribution in [3.05, 3.63) is 35.4 Å². The number of hydrogen-bond donors (Lipinski definition) is 2. The highest BCUT2D eigenvalue weighted by Crippen LogP contribution is 2.32. The first-order valence-corrected chi connectivity index (χ1v) is 6.74. The molecule has 0 spiro atoms. The second-order valence-electron chi connectivity index (χ2n) is 4.00. The molecule has 0 aromatic heterocycles. The third-order valence-corrected chi connectivity index (χ3v) is 3.71. The van der Waals surface area contributed by atoms with E-state index in [-0.39, 0.29) is 5.56 Å². The number of carbonyl (C=O) groups excluding carboxylic acids is 2. The first-order valence-electron chi connectivity index (χ1n) is 5.26. The second-order valence-corrected chi connectivity index (χ2v) is 5.68. The van der Waals surface area contributed by atoms with Gasteiger partial charge >= 0.3 is 15.5 Å². The van der Waals surface area contributed by atoms with E-state index in [2.05, 4.69) is 0 Å². The summed E-state index contributed by atoms with van der Waals surface area (Å²) in [5, 5.41) is 9.52. The summed E-state index contributed by atoms with van der Waals surface area (Å²) in [5.74, 6) is -3.02. The van der Waals surface area contributed by atoms with E-state index >= 15 is 0 Å². The normalized spacial score (nSPS) is 15.5. The summed E-state index contributed by atoms with van der Waals surface area (Å²) in [6.45, 7) is 0. The maximum absolute atomic E-state index is 12.3. The molecule has 0 fully saturated rings. The third kappa shape index (κ3) is 2.49. The molecule has 0 heterocycles. The van der Waals surface area contributed by atoms with Gasteiger partial charge in [0.15, 0.2) is 0 Å². The van der Waals surface area contributed by atoms with Crippen molar-refractivity contribution in [2.24, 2.45) is 0 Å². The van der Waals surface area contributed by atoms with Crippen LogP contribution in [0.15, 0.2) is 24.3 Å². The number of aliphatic hydroxyl groups excluding tert-OH is 1. The number of nitrogens with one attached hydrogen (secondary N) is 1. The van der Waals surface area contributed by atoms with Gasteiger partial charge in [0.25, 0.3) is 0 Å². The second kappa shape index (κ2) is 4.58. The number of anilines is 1. The van der Waals surface area contributed by atoms with Crippen LogP contribution < -0.4 is 4.72 Å². The van der Waals surface area contributed by atoms with E-state index < -0.39 is 44.1 Å². The lowest BCUT2D eigenvalue weighted by molar-refractivity contribution is -0.111. The highest BCUT2D eigenvalue weighted by Gasteiger charge is 2.46. The molecule has 0 aliphatic heterocycles. The molecule has 0 bridgehead atoms. The summed E-state index contributed by atoms with van der Waals surface area (Å²) in [6.07, 6.45) is 0.604. The van der Waals surface area contributed by atoms with Gasteiger partial charge in [0.2, 0.25) is 11.6 Å². The van der Waals surface area contributed by atoms with Gasteiger partial charge in [-0.25, -0.2) is 0 Å². The summed E-state index contributed by atoms with van der Waals surface area (Å²) in [7, 11) is -5.76. The van der Waals surface area contributed by atoms with Crippen molar-refractivity contribution in [1.29, 1.82) is 0 Å². The lowest BCUT2D eigenvalue weighted by Crippen LogP contribution is -2.31. The van der Waals surface area contributed by atoms with Gasteiger partial charge in [0.1, 0.15) is 5.76 Å². The van der Waals surface area contributed by atoms with Gasteiger partial charge in [-0.1, -0.05) is 12.1 Å². The summed E-state index contributed by atoms with van der Waals surface area (Å²) in [6, 6.07) is 3.17. The van der Waals surface area contributed by atoms with E-state index in [4.69, 9.17) is 0 Å². The maximum Gasteiger partial charge on any atom is 0.516 e. The van der Waals surface area contributed by atoms with Gasteiger partial charge in [-0.2, -0.15) is 21.6 Å². The van der Waals surface area contributed by atoms with Crippen LogP contribution in [-0.4, -0.2) is 30.6 Å². The molecule has 112 valence electrons. The van der Waals surface area contributed by atoms with E-state index in [1.807, 2.05) is 0 Å². The van der Waals surface area contributed by atoms with Crippen molar-refractivity contribution in [1.82, 2.24) is 0 Å². The number of aliphatic hydroxyl groups is 1. The molecule has 10 heteroatoms. The number of allylic oxidation sites excluding steroid dienone is 1. The highest BCUT2D eigenvalue weighted by atomic mass is 32.2. The Balaban J connectivity index is 2.60. The number of sulfonamides is 1. The topological polar surface area (TPSA) is 101 Å². The minimum atomic E-state index is -5.76. The number of Topliss-reactive ketones (excluding diaryl/α,β-unsaturated/α-hetero) is 1. The molecule has 2 N–H and O–H groups in total. The lowest BCUT2D eigenvalue weighted by atomic mass is 9.92. The third-order valence-electron chi connectivity index (χ3n) is 2.61. The number of fused-ring (bicyclic) bond motifs is 1. The Morgan fingerprint density at radius 1 is 1.14 bits per heavy atom. The van der Waals surface area contributed by atoms with Crippen molar-refractivity contribution >= 4 is 33.0 Å². The number of ketones is 2. The Hall–Kier alpha value is -2.36. The Labute approximate surface area is 115 Å². The van der Waals surface area contributed by atoms with Gasteiger partial charge in [-0.3, -0.25) is 14.3 Å². The van der Waals surface area contributed by atoms with E-state index in [0.29, 0.717) is 6.08 Å². The van der Waals surface area contributed by atoms with Gasteiger partial charge in [0, 0.05) is 11.6 Å². The minimum Gasteiger partial charge on any atom is -0.507 e. The van der Waals surface area contributed by atoms with Gasteiger partial charge in [0.05, 0.1) is 11.3 Å². The van der Waals surface area contributed by atoms with Crippen LogP contribution in [0.3, 0.4) is 0 Å². The maximum atomic E-state index is 12.3. The molecule has 0 atom stereocenters. The van der Waals surface area contributed by atoms with Crippen LogP contribution in [0.1, 0.15) is 15.9 Å². The quantitative estimate of drug-likeness (QED) is 0.806. The van der Waals surface area contributed by atoms with Gasteiger partial charge < -0.3 is 5.11 Å². The SMILES string of the molecule is O=C1C=C(O)c2cccc(NS(=O)(=O)C(F)(F)F)c2C1=O. The standard InChI is InChI=1S/C11H6F3NO5S/c12-11(13,14)21(19,20)15-6-3-1-2-5-7(16)4-8(17)10(18)9(5)6/h1-4,15-16H. The van der Waals surface area contributed by atoms with Gasteiger partial charge in [-0.05, 0) is 6.07 Å². The van der Waals surface area contributed by atoms with Crippen LogP contribution in [0, 0.1) is 0 Å². The molecule has 0 unspecified atom stereocenters. The number of benzene rings is 1. The molecule has 0 amide bonds. The molecule has 1 aromatic rings. The zero-order chi connectivity index (χ0) is 16.0. The zero-order valence-electron chi connectivity index (χ0n) is 9.93. The monoisotopic (exact) mass is 321 g/mol. The predicted octanol–water partition coefficient (Wildman–Crippen LogP) is 1.61. The van der Waals surface area contributed by atoms with E-state index in [9.17, 15) is 36.3 Å². The fourth-order valence-corrected chi connectivity index (χ4v) is 2.26. The minimum absolute atomic E-state index is 0.234. The fraction of sp³-hybridized carbons (Fsp3) is 0.0909. The van der Waals surface area contributed by atoms with Crippen molar-refractivity contribution in [3.8, 4) is 0 Å². The fourth-order valence-electron chi connectivity index (χ4n) is 1.69. The number of halogens is 3. The molecule has 6 nitrogen and oxygen atoms in total. The highest BCUT2D eigenvalue weighted by molar-refractivity contribution is 7.93.